The maximum Gasteiger partial charge on any atom is 0.251 e. The van der Waals surface area contributed by atoms with Gasteiger partial charge in [0.15, 0.2) is 0 Å². The van der Waals surface area contributed by atoms with Gasteiger partial charge in [-0.15, -0.1) is 0 Å². The van der Waals surface area contributed by atoms with Crippen molar-refractivity contribution in [2.75, 3.05) is 20.3 Å². The third kappa shape index (κ3) is 5.82. The monoisotopic (exact) mass is 471 g/mol. The van der Waals surface area contributed by atoms with Crippen LogP contribution in [-0.4, -0.2) is 45.2 Å². The van der Waals surface area contributed by atoms with E-state index in [1.165, 1.54) is 0 Å². The molecule has 0 aliphatic heterocycles. The van der Waals surface area contributed by atoms with Crippen molar-refractivity contribution in [2.24, 2.45) is 0 Å². The zero-order chi connectivity index (χ0) is 24.2. The van der Waals surface area contributed by atoms with Gasteiger partial charge in [-0.3, -0.25) is 4.79 Å². The molecule has 3 aromatic rings. The summed E-state index contributed by atoms with van der Waals surface area (Å²) >= 11 is 0. The summed E-state index contributed by atoms with van der Waals surface area (Å²) in [6.07, 6.45) is 2.57. The van der Waals surface area contributed by atoms with Crippen molar-refractivity contribution in [3.8, 4) is 0 Å². The second kappa shape index (κ2) is 10.5. The number of amides is 1. The molecule has 1 heterocycles. The Morgan fingerprint density at radius 3 is 2.42 bits per heavy atom. The first-order valence-electron chi connectivity index (χ1n) is 11.1. The van der Waals surface area contributed by atoms with Gasteiger partial charge in [0, 0.05) is 48.9 Å². The summed E-state index contributed by atoms with van der Waals surface area (Å²) < 4.78 is 36.3. The number of rotatable bonds is 10. The number of fused-ring (bicyclic) bond motifs is 1. The van der Waals surface area contributed by atoms with E-state index < -0.39 is 10.0 Å². The molecular weight excluding hydrogens is 438 g/mol. The molecule has 0 bridgehead atoms. The van der Waals surface area contributed by atoms with Crippen LogP contribution in [0, 0.1) is 20.8 Å². The number of ether oxygens (including phenoxy) is 1. The summed E-state index contributed by atoms with van der Waals surface area (Å²) in [7, 11) is -2.07. The molecule has 0 radical (unpaired) electrons. The number of hydrogen-bond acceptors (Lipinski definition) is 4. The molecule has 33 heavy (non-hydrogen) atoms. The fraction of sp³-hybridized carbons (Fsp3) is 0.400. The molecule has 2 N–H and O–H groups in total. The van der Waals surface area contributed by atoms with Crippen molar-refractivity contribution < 1.29 is 17.9 Å². The Labute approximate surface area is 196 Å². The normalized spacial score (nSPS) is 12.8. The first-order chi connectivity index (χ1) is 15.7. The Morgan fingerprint density at radius 1 is 1.09 bits per heavy atom. The van der Waals surface area contributed by atoms with Gasteiger partial charge < -0.3 is 14.6 Å². The van der Waals surface area contributed by atoms with E-state index in [4.69, 9.17) is 4.74 Å². The average molecular weight is 472 g/mol. The number of carbonyl (C=O) groups excluding carboxylic acids is 1. The van der Waals surface area contributed by atoms with Crippen LogP contribution in [0.15, 0.2) is 47.5 Å². The molecule has 0 saturated heterocycles. The lowest BCUT2D eigenvalue weighted by atomic mass is 10.1. The van der Waals surface area contributed by atoms with Crippen LogP contribution in [0.5, 0.6) is 0 Å². The van der Waals surface area contributed by atoms with Gasteiger partial charge in [0.05, 0.1) is 11.5 Å². The molecule has 1 atom stereocenters. The van der Waals surface area contributed by atoms with E-state index >= 15 is 0 Å². The number of sulfonamides is 1. The van der Waals surface area contributed by atoms with Crippen LogP contribution in [0.2, 0.25) is 0 Å². The average Bonchev–Trinajstić information content (AvgIpc) is 3.14. The standard InChI is InChI=1S/C25H33N3O4S/c1-6-22(27-33(30,31)24-18(3)13-17(2)14-19(24)4)16-28-11-9-20-15-21(7-8-23(20)28)25(29)26-10-12-32-5/h7-9,11,13-15,22,27H,6,10,12,16H2,1-5H3,(H,26,29)/t22-/m0/s1. The summed E-state index contributed by atoms with van der Waals surface area (Å²) in [6.45, 7) is 8.99. The Morgan fingerprint density at radius 2 is 1.79 bits per heavy atom. The van der Waals surface area contributed by atoms with Gasteiger partial charge in [-0.25, -0.2) is 13.1 Å². The second-order valence-electron chi connectivity index (χ2n) is 8.44. The van der Waals surface area contributed by atoms with Crippen molar-refractivity contribution in [1.29, 1.82) is 0 Å². The van der Waals surface area contributed by atoms with E-state index in [2.05, 4.69) is 10.0 Å². The van der Waals surface area contributed by atoms with Gasteiger partial charge in [0.1, 0.15) is 0 Å². The minimum absolute atomic E-state index is 0.148. The van der Waals surface area contributed by atoms with Crippen LogP contribution in [0.25, 0.3) is 10.9 Å². The molecule has 178 valence electrons. The number of aryl methyl sites for hydroxylation is 3. The van der Waals surface area contributed by atoms with Crippen molar-refractivity contribution in [2.45, 2.75) is 51.6 Å². The van der Waals surface area contributed by atoms with Crippen molar-refractivity contribution in [1.82, 2.24) is 14.6 Å². The lowest BCUT2D eigenvalue weighted by molar-refractivity contribution is 0.0937. The van der Waals surface area contributed by atoms with Crippen molar-refractivity contribution in [3.05, 3.63) is 64.8 Å². The maximum absolute atomic E-state index is 13.2. The van der Waals surface area contributed by atoms with E-state index in [0.717, 1.165) is 27.6 Å². The first-order valence-corrected chi connectivity index (χ1v) is 12.6. The van der Waals surface area contributed by atoms with Gasteiger partial charge >= 0.3 is 0 Å². The number of benzene rings is 2. The van der Waals surface area contributed by atoms with E-state index in [0.29, 0.717) is 36.6 Å². The quantitative estimate of drug-likeness (QED) is 0.441. The SMILES string of the molecule is CC[C@@H](Cn1ccc2cc(C(=O)NCCOC)ccc21)NS(=O)(=O)c1c(C)cc(C)cc1C. The molecule has 1 amide bonds. The maximum atomic E-state index is 13.2. The molecule has 8 heteroatoms. The van der Waals surface area contributed by atoms with Crippen LogP contribution < -0.4 is 10.0 Å². The van der Waals surface area contributed by atoms with Gasteiger partial charge in [-0.05, 0) is 62.6 Å². The van der Waals surface area contributed by atoms with Gasteiger partial charge in [0.2, 0.25) is 10.0 Å². The lowest BCUT2D eigenvalue weighted by Gasteiger charge is -2.20. The number of carbonyl (C=O) groups is 1. The Bertz CT molecular complexity index is 1220. The van der Waals surface area contributed by atoms with E-state index in [-0.39, 0.29) is 11.9 Å². The fourth-order valence-corrected chi connectivity index (χ4v) is 5.99. The highest BCUT2D eigenvalue weighted by Gasteiger charge is 2.23. The van der Waals surface area contributed by atoms with Gasteiger partial charge in [-0.1, -0.05) is 24.6 Å². The summed E-state index contributed by atoms with van der Waals surface area (Å²) in [6, 6.07) is 11.0. The number of nitrogens with one attached hydrogen (secondary N) is 2. The molecule has 0 aliphatic carbocycles. The van der Waals surface area contributed by atoms with Crippen LogP contribution in [-0.2, 0) is 21.3 Å². The molecule has 0 saturated carbocycles. The smallest absolute Gasteiger partial charge is 0.251 e. The summed E-state index contributed by atoms with van der Waals surface area (Å²) in [4.78, 5) is 12.7. The molecule has 0 fully saturated rings. The minimum atomic E-state index is -3.66. The molecule has 0 aliphatic rings. The molecule has 2 aromatic carbocycles. The third-order valence-corrected chi connectivity index (χ3v) is 7.56. The molecule has 1 aromatic heterocycles. The third-order valence-electron chi connectivity index (χ3n) is 5.73. The highest BCUT2D eigenvalue weighted by atomic mass is 32.2. The molecule has 0 spiro atoms. The number of nitrogens with zero attached hydrogens (tertiary/aromatic N) is 1. The van der Waals surface area contributed by atoms with Crippen LogP contribution in [0.4, 0.5) is 0 Å². The Balaban J connectivity index is 1.79. The van der Waals surface area contributed by atoms with E-state index in [9.17, 15) is 13.2 Å². The predicted molar refractivity (Wildman–Crippen MR) is 131 cm³/mol. The number of aromatic nitrogens is 1. The molecule has 7 nitrogen and oxygen atoms in total. The molecule has 0 unspecified atom stereocenters. The fourth-order valence-electron chi connectivity index (χ4n) is 4.23. The molecular formula is C25H33N3O4S. The zero-order valence-electron chi connectivity index (χ0n) is 19.9. The second-order valence-corrected chi connectivity index (χ2v) is 10.1. The lowest BCUT2D eigenvalue weighted by Crippen LogP contribution is -2.38. The van der Waals surface area contributed by atoms with Gasteiger partial charge in [0.25, 0.3) is 5.91 Å². The largest absolute Gasteiger partial charge is 0.383 e. The number of hydrogen-bond donors (Lipinski definition) is 2. The predicted octanol–water partition coefficient (Wildman–Crippen LogP) is 3.70. The van der Waals surface area contributed by atoms with E-state index in [1.807, 2.05) is 68.8 Å². The highest BCUT2D eigenvalue weighted by Crippen LogP contribution is 2.23. The van der Waals surface area contributed by atoms with Crippen molar-refractivity contribution >= 4 is 26.8 Å². The Kier molecular flexibility index (Phi) is 7.94. The van der Waals surface area contributed by atoms with Crippen LogP contribution in [0.3, 0.4) is 0 Å². The topological polar surface area (TPSA) is 89.4 Å². The van der Waals surface area contributed by atoms with E-state index in [1.54, 1.807) is 13.2 Å². The number of methoxy groups -OCH3 is 1. The molecule has 3 rings (SSSR count). The van der Waals surface area contributed by atoms with Crippen LogP contribution in [0.1, 0.15) is 40.4 Å². The highest BCUT2D eigenvalue weighted by molar-refractivity contribution is 7.89. The Hall–Kier alpha value is -2.68. The summed E-state index contributed by atoms with van der Waals surface area (Å²) in [5.74, 6) is -0.148. The first kappa shape index (κ1) is 25.0. The van der Waals surface area contributed by atoms with Gasteiger partial charge in [-0.2, -0.15) is 0 Å². The summed E-state index contributed by atoms with van der Waals surface area (Å²) in [5.41, 5.74) is 4.06. The minimum Gasteiger partial charge on any atom is -0.383 e. The summed E-state index contributed by atoms with van der Waals surface area (Å²) in [5, 5.41) is 3.75. The van der Waals surface area contributed by atoms with Crippen molar-refractivity contribution in [3.63, 3.8) is 0 Å². The van der Waals surface area contributed by atoms with Crippen LogP contribution >= 0.6 is 0 Å². The zero-order valence-corrected chi connectivity index (χ0v) is 20.8.